The predicted octanol–water partition coefficient (Wildman–Crippen LogP) is 1.84. The number of aromatic amines is 1. The van der Waals surface area contributed by atoms with Crippen LogP contribution >= 0.6 is 0 Å². The second kappa shape index (κ2) is 4.80. The van der Waals surface area contributed by atoms with Crippen molar-refractivity contribution >= 4 is 5.82 Å². The Hall–Kier alpha value is -0.990. The normalized spacial score (nSPS) is 10.2. The van der Waals surface area contributed by atoms with Crippen LogP contribution in [0.2, 0.25) is 0 Å². The van der Waals surface area contributed by atoms with Crippen LogP contribution in [0.3, 0.4) is 0 Å². The fourth-order valence-electron chi connectivity index (χ4n) is 1.16. The molecule has 12 heavy (non-hydrogen) atoms. The number of aromatic nitrogens is 2. The minimum absolute atomic E-state index is 1.01. The van der Waals surface area contributed by atoms with Crippen LogP contribution in [0, 0.1) is 6.33 Å². The van der Waals surface area contributed by atoms with Gasteiger partial charge in [0.05, 0.1) is 0 Å². The van der Waals surface area contributed by atoms with Crippen molar-refractivity contribution in [1.29, 1.82) is 0 Å². The largest absolute Gasteiger partial charge is 0.356 e. The maximum absolute atomic E-state index is 4.09. The first kappa shape index (κ1) is 9.10. The molecule has 0 aliphatic rings. The zero-order valence-corrected chi connectivity index (χ0v) is 7.80. The van der Waals surface area contributed by atoms with Crippen LogP contribution in [0.1, 0.15) is 26.7 Å². The molecule has 0 atom stereocenters. The zero-order valence-electron chi connectivity index (χ0n) is 7.80. The summed E-state index contributed by atoms with van der Waals surface area (Å²) in [4.78, 5) is 9.18. The molecule has 3 nitrogen and oxygen atoms in total. The lowest BCUT2D eigenvalue weighted by molar-refractivity contribution is 0.726. The number of hydrogen-bond acceptors (Lipinski definition) is 2. The lowest BCUT2D eigenvalue weighted by Gasteiger charge is -2.19. The molecule has 1 radical (unpaired) electrons. The predicted molar refractivity (Wildman–Crippen MR) is 50.2 cm³/mol. The number of imidazole rings is 1. The molecule has 0 spiro atoms. The highest BCUT2D eigenvalue weighted by Gasteiger charge is 2.03. The second-order valence-electron chi connectivity index (χ2n) is 2.80. The summed E-state index contributed by atoms with van der Waals surface area (Å²) in [7, 11) is 0. The first-order valence-electron chi connectivity index (χ1n) is 4.54. The van der Waals surface area contributed by atoms with E-state index in [1.807, 2.05) is 6.20 Å². The third-order valence-electron chi connectivity index (χ3n) is 1.92. The molecule has 0 bridgehead atoms. The van der Waals surface area contributed by atoms with Crippen LogP contribution in [-0.2, 0) is 0 Å². The Bertz CT molecular complexity index is 194. The molecule has 0 amide bonds. The van der Waals surface area contributed by atoms with Crippen molar-refractivity contribution in [2.75, 3.05) is 18.0 Å². The van der Waals surface area contributed by atoms with Crippen molar-refractivity contribution in [1.82, 2.24) is 9.97 Å². The van der Waals surface area contributed by atoms with Crippen molar-refractivity contribution in [3.63, 3.8) is 0 Å². The molecule has 0 fully saturated rings. The number of unbranched alkanes of at least 4 members (excludes halogenated alkanes) is 1. The Balaban J connectivity index is 2.45. The minimum Gasteiger partial charge on any atom is -0.356 e. The third-order valence-corrected chi connectivity index (χ3v) is 1.92. The van der Waals surface area contributed by atoms with Crippen LogP contribution in [0.25, 0.3) is 0 Å². The van der Waals surface area contributed by atoms with Gasteiger partial charge in [0, 0.05) is 19.3 Å². The Morgan fingerprint density at radius 1 is 1.58 bits per heavy atom. The van der Waals surface area contributed by atoms with Crippen LogP contribution in [0.5, 0.6) is 0 Å². The molecule has 1 heterocycles. The van der Waals surface area contributed by atoms with E-state index in [1.54, 1.807) is 0 Å². The third kappa shape index (κ3) is 2.26. The highest BCUT2D eigenvalue weighted by Crippen LogP contribution is 2.08. The fourth-order valence-corrected chi connectivity index (χ4v) is 1.16. The average molecular weight is 166 g/mol. The summed E-state index contributed by atoms with van der Waals surface area (Å²) in [5.74, 6) is 1.01. The Morgan fingerprint density at radius 3 is 2.92 bits per heavy atom. The van der Waals surface area contributed by atoms with Gasteiger partial charge in [-0.05, 0) is 13.3 Å². The van der Waals surface area contributed by atoms with E-state index in [4.69, 9.17) is 0 Å². The van der Waals surface area contributed by atoms with E-state index >= 15 is 0 Å². The smallest absolute Gasteiger partial charge is 0.175 e. The van der Waals surface area contributed by atoms with Crippen molar-refractivity contribution in [3.8, 4) is 0 Å². The standard InChI is InChI=1S/C9H16N3/c1-3-5-6-12(4-2)9-7-10-8-11-9/h7H,3-6H2,1-2H3,(H,10,11). The number of nitrogens with one attached hydrogen (secondary N) is 1. The molecule has 3 heteroatoms. The summed E-state index contributed by atoms with van der Waals surface area (Å²) < 4.78 is 0. The van der Waals surface area contributed by atoms with E-state index in [9.17, 15) is 0 Å². The number of H-pyrrole nitrogens is 1. The summed E-state index contributed by atoms with van der Waals surface area (Å²) in [6, 6.07) is 0. The number of hydrogen-bond donors (Lipinski definition) is 1. The molecule has 1 aromatic heterocycles. The van der Waals surface area contributed by atoms with Gasteiger partial charge in [0.1, 0.15) is 5.82 Å². The van der Waals surface area contributed by atoms with Gasteiger partial charge in [-0.15, -0.1) is 0 Å². The van der Waals surface area contributed by atoms with E-state index in [0.29, 0.717) is 0 Å². The topological polar surface area (TPSA) is 31.9 Å². The molecule has 0 saturated heterocycles. The SMILES string of the molecule is CCCCN(CC)c1c[nH][c]n1. The molecule has 0 unspecified atom stereocenters. The van der Waals surface area contributed by atoms with E-state index in [2.05, 4.69) is 35.0 Å². The van der Waals surface area contributed by atoms with Gasteiger partial charge >= 0.3 is 0 Å². The molecule has 67 valence electrons. The van der Waals surface area contributed by atoms with Gasteiger partial charge < -0.3 is 9.88 Å². The summed E-state index contributed by atoms with van der Waals surface area (Å²) in [6.07, 6.45) is 7.04. The van der Waals surface area contributed by atoms with Gasteiger partial charge in [-0.25, -0.2) is 4.98 Å². The van der Waals surface area contributed by atoms with Gasteiger partial charge in [0.15, 0.2) is 6.33 Å². The average Bonchev–Trinajstić information content (AvgIpc) is 2.59. The Labute approximate surface area is 73.8 Å². The Morgan fingerprint density at radius 2 is 2.42 bits per heavy atom. The van der Waals surface area contributed by atoms with Crippen molar-refractivity contribution in [2.24, 2.45) is 0 Å². The van der Waals surface area contributed by atoms with Crippen LogP contribution in [-0.4, -0.2) is 23.1 Å². The lowest BCUT2D eigenvalue weighted by atomic mass is 10.3. The molecule has 1 rings (SSSR count). The summed E-state index contributed by atoms with van der Waals surface area (Å²) in [6.45, 7) is 6.44. The molecule has 0 saturated carbocycles. The van der Waals surface area contributed by atoms with Crippen molar-refractivity contribution in [3.05, 3.63) is 12.5 Å². The molecule has 0 aromatic carbocycles. The summed E-state index contributed by atoms with van der Waals surface area (Å²) >= 11 is 0. The van der Waals surface area contributed by atoms with Gasteiger partial charge in [0.2, 0.25) is 0 Å². The van der Waals surface area contributed by atoms with Gasteiger partial charge in [-0.3, -0.25) is 0 Å². The molecule has 1 aromatic rings. The highest BCUT2D eigenvalue weighted by atomic mass is 15.2. The highest BCUT2D eigenvalue weighted by molar-refractivity contribution is 5.34. The summed E-state index contributed by atoms with van der Waals surface area (Å²) in [5, 5.41) is 0. The van der Waals surface area contributed by atoms with E-state index in [1.165, 1.54) is 12.8 Å². The number of nitrogens with zero attached hydrogens (tertiary/aromatic N) is 2. The summed E-state index contributed by atoms with van der Waals surface area (Å²) in [5.41, 5.74) is 0. The molecular formula is C9H16N3. The molecule has 0 aliphatic heterocycles. The minimum atomic E-state index is 1.01. The van der Waals surface area contributed by atoms with Gasteiger partial charge in [-0.2, -0.15) is 0 Å². The quantitative estimate of drug-likeness (QED) is 0.723. The van der Waals surface area contributed by atoms with Crippen molar-refractivity contribution in [2.45, 2.75) is 26.7 Å². The van der Waals surface area contributed by atoms with Gasteiger partial charge in [-0.1, -0.05) is 13.3 Å². The fraction of sp³-hybridized carbons (Fsp3) is 0.667. The van der Waals surface area contributed by atoms with Gasteiger partial charge in [0.25, 0.3) is 0 Å². The van der Waals surface area contributed by atoms with Crippen LogP contribution in [0.15, 0.2) is 6.20 Å². The van der Waals surface area contributed by atoms with Crippen LogP contribution < -0.4 is 4.90 Å². The van der Waals surface area contributed by atoms with E-state index in [0.717, 1.165) is 18.9 Å². The lowest BCUT2D eigenvalue weighted by Crippen LogP contribution is -2.23. The van der Waals surface area contributed by atoms with E-state index in [-0.39, 0.29) is 0 Å². The number of rotatable bonds is 5. The number of anilines is 1. The molecule has 0 aliphatic carbocycles. The first-order valence-corrected chi connectivity index (χ1v) is 4.54. The maximum atomic E-state index is 4.09. The van der Waals surface area contributed by atoms with E-state index < -0.39 is 0 Å². The first-order chi connectivity index (χ1) is 5.88. The monoisotopic (exact) mass is 166 g/mol. The zero-order chi connectivity index (χ0) is 8.81. The molecule has 1 N–H and O–H groups in total. The second-order valence-corrected chi connectivity index (χ2v) is 2.80. The molecular weight excluding hydrogens is 150 g/mol. The van der Waals surface area contributed by atoms with Crippen molar-refractivity contribution < 1.29 is 0 Å². The van der Waals surface area contributed by atoms with Crippen LogP contribution in [0.4, 0.5) is 5.82 Å². The maximum Gasteiger partial charge on any atom is 0.175 e. The Kier molecular flexibility index (Phi) is 3.64.